The number of aliphatic hydroxyl groups excluding tert-OH is 1. The van der Waals surface area contributed by atoms with E-state index in [9.17, 15) is 24.8 Å². The first-order valence-electron chi connectivity index (χ1n) is 7.55. The zero-order valence-corrected chi connectivity index (χ0v) is 14.3. The minimum atomic E-state index is -1.39. The second-order valence-corrected chi connectivity index (χ2v) is 5.31. The maximum Gasteiger partial charge on any atom is 0.323 e. The molecule has 0 unspecified atom stereocenters. The lowest BCUT2D eigenvalue weighted by molar-refractivity contribution is -0.537. The fourth-order valence-electron chi connectivity index (χ4n) is 2.42. The second-order valence-electron chi connectivity index (χ2n) is 5.31. The van der Waals surface area contributed by atoms with Crippen LogP contribution in [0.2, 0.25) is 0 Å². The van der Waals surface area contributed by atoms with E-state index in [-0.39, 0.29) is 18.8 Å². The Morgan fingerprint density at radius 3 is 2.64 bits per heavy atom. The molecular formula is C14H23N3O8. The summed E-state index contributed by atoms with van der Waals surface area (Å²) in [6.07, 6.45) is -1.78. The largest absolute Gasteiger partial charge is 0.393 e. The van der Waals surface area contributed by atoms with Crippen LogP contribution in [0.4, 0.5) is 4.79 Å². The summed E-state index contributed by atoms with van der Waals surface area (Å²) in [5, 5.41) is 23.2. The molecular weight excluding hydrogens is 338 g/mol. The zero-order chi connectivity index (χ0) is 19.0. The number of allylic oxidation sites excluding steroid dienone is 1. The van der Waals surface area contributed by atoms with Crippen LogP contribution in [0, 0.1) is 10.1 Å². The molecule has 1 rings (SSSR count). The molecule has 4 atom stereocenters. The number of carbonyl (C=O) groups is 2. The molecule has 1 aliphatic heterocycles. The van der Waals surface area contributed by atoms with Gasteiger partial charge in [0.2, 0.25) is 0 Å². The third kappa shape index (κ3) is 5.19. The smallest absolute Gasteiger partial charge is 0.323 e. The average Bonchev–Trinajstić information content (AvgIpc) is 2.97. The minimum absolute atomic E-state index is 0.0292. The van der Waals surface area contributed by atoms with Crippen molar-refractivity contribution in [2.45, 2.75) is 31.4 Å². The van der Waals surface area contributed by atoms with Crippen LogP contribution in [0.15, 0.2) is 11.8 Å². The number of rotatable bonds is 9. The van der Waals surface area contributed by atoms with Gasteiger partial charge in [-0.1, -0.05) is 0 Å². The monoisotopic (exact) mass is 361 g/mol. The molecule has 1 heterocycles. The second kappa shape index (κ2) is 10.0. The predicted molar refractivity (Wildman–Crippen MR) is 84.3 cm³/mol. The summed E-state index contributed by atoms with van der Waals surface area (Å²) in [6.45, 7) is 1.06. The summed E-state index contributed by atoms with van der Waals surface area (Å²) < 4.78 is 15.9. The van der Waals surface area contributed by atoms with Crippen LogP contribution in [0.5, 0.6) is 0 Å². The Kier molecular flexibility index (Phi) is 8.41. The standard InChI is InChI=1S/C14H23N3O8/c1-9(7-18)6-16(14(20)15-2)13-12(24-5-4-23-3)11(17(21)22)10(8-19)25-13/h6-7,10-13,19H,4-5,8H2,1-3H3,(H,15,20)/b9-6-/t10-,11-,12-,13-/m1/s1. The highest BCUT2D eigenvalue weighted by atomic mass is 16.7. The third-order valence-electron chi connectivity index (χ3n) is 3.59. The molecule has 142 valence electrons. The molecule has 11 nitrogen and oxygen atoms in total. The number of nitrogens with one attached hydrogen (secondary N) is 1. The molecule has 0 aromatic rings. The lowest BCUT2D eigenvalue weighted by Crippen LogP contribution is -2.50. The van der Waals surface area contributed by atoms with E-state index in [1.165, 1.54) is 27.3 Å². The summed E-state index contributed by atoms with van der Waals surface area (Å²) in [7, 11) is 2.81. The van der Waals surface area contributed by atoms with E-state index in [4.69, 9.17) is 14.2 Å². The fraction of sp³-hybridized carbons (Fsp3) is 0.714. The number of amides is 2. The fourth-order valence-corrected chi connectivity index (χ4v) is 2.42. The summed E-state index contributed by atoms with van der Waals surface area (Å²) in [6, 6.07) is -2.03. The van der Waals surface area contributed by atoms with Crippen LogP contribution >= 0.6 is 0 Å². The number of methoxy groups -OCH3 is 1. The van der Waals surface area contributed by atoms with Crippen molar-refractivity contribution >= 4 is 12.3 Å². The van der Waals surface area contributed by atoms with Crippen molar-refractivity contribution in [3.05, 3.63) is 21.9 Å². The molecule has 1 aliphatic rings. The van der Waals surface area contributed by atoms with Crippen molar-refractivity contribution < 1.29 is 33.8 Å². The molecule has 25 heavy (non-hydrogen) atoms. The van der Waals surface area contributed by atoms with E-state index in [2.05, 4.69) is 5.32 Å². The Morgan fingerprint density at radius 2 is 2.16 bits per heavy atom. The van der Waals surface area contributed by atoms with Gasteiger partial charge in [-0.05, 0) is 6.92 Å². The maximum atomic E-state index is 12.2. The number of nitro groups is 1. The average molecular weight is 361 g/mol. The molecule has 0 saturated carbocycles. The summed E-state index contributed by atoms with van der Waals surface area (Å²) in [5.74, 6) is 0. The topological polar surface area (TPSA) is 140 Å². The molecule has 0 bridgehead atoms. The summed E-state index contributed by atoms with van der Waals surface area (Å²) in [5.41, 5.74) is 0.202. The van der Waals surface area contributed by atoms with Gasteiger partial charge in [0.25, 0.3) is 6.04 Å². The Labute approximate surface area is 144 Å². The third-order valence-corrected chi connectivity index (χ3v) is 3.59. The van der Waals surface area contributed by atoms with Gasteiger partial charge < -0.3 is 24.6 Å². The van der Waals surface area contributed by atoms with Gasteiger partial charge in [-0.2, -0.15) is 0 Å². The van der Waals surface area contributed by atoms with E-state index in [1.54, 1.807) is 0 Å². The molecule has 0 aromatic carbocycles. The lowest BCUT2D eigenvalue weighted by Gasteiger charge is -2.28. The molecule has 2 N–H and O–H groups in total. The number of aliphatic hydroxyl groups is 1. The van der Waals surface area contributed by atoms with Gasteiger partial charge in [0, 0.05) is 30.9 Å². The number of carbonyl (C=O) groups excluding carboxylic acids is 2. The Bertz CT molecular complexity index is 512. The number of aldehydes is 1. The van der Waals surface area contributed by atoms with Gasteiger partial charge >= 0.3 is 6.03 Å². The predicted octanol–water partition coefficient (Wildman–Crippen LogP) is -0.875. The Balaban J connectivity index is 3.21. The molecule has 0 aliphatic carbocycles. The van der Waals surface area contributed by atoms with Gasteiger partial charge in [0.1, 0.15) is 6.29 Å². The van der Waals surface area contributed by atoms with Crippen molar-refractivity contribution in [3.8, 4) is 0 Å². The first-order chi connectivity index (χ1) is 11.9. The lowest BCUT2D eigenvalue weighted by atomic mass is 10.1. The first kappa shape index (κ1) is 21.0. The summed E-state index contributed by atoms with van der Waals surface area (Å²) >= 11 is 0. The van der Waals surface area contributed by atoms with Crippen molar-refractivity contribution in [2.75, 3.05) is 34.0 Å². The molecule has 2 amide bonds. The van der Waals surface area contributed by atoms with E-state index in [0.29, 0.717) is 6.29 Å². The number of ether oxygens (including phenoxy) is 3. The zero-order valence-electron chi connectivity index (χ0n) is 14.3. The van der Waals surface area contributed by atoms with Gasteiger partial charge in [-0.15, -0.1) is 0 Å². The van der Waals surface area contributed by atoms with Crippen molar-refractivity contribution in [3.63, 3.8) is 0 Å². The SMILES string of the molecule is CNC(=O)N(/C=C(/C)C=O)[C@@H]1O[C@H](CO)[C@@H]([N+](=O)[O-])[C@H]1OCCOC. The molecule has 0 spiro atoms. The highest BCUT2D eigenvalue weighted by Gasteiger charge is 2.55. The molecule has 0 radical (unpaired) electrons. The maximum absolute atomic E-state index is 12.2. The minimum Gasteiger partial charge on any atom is -0.393 e. The highest BCUT2D eigenvalue weighted by molar-refractivity contribution is 5.78. The normalized spacial score (nSPS) is 26.3. The molecule has 0 aromatic heterocycles. The van der Waals surface area contributed by atoms with Crippen LogP contribution in [-0.2, 0) is 19.0 Å². The number of urea groups is 1. The number of nitrogens with zero attached hydrogens (tertiary/aromatic N) is 2. The summed E-state index contributed by atoms with van der Waals surface area (Å²) in [4.78, 5) is 34.9. The van der Waals surface area contributed by atoms with E-state index in [1.807, 2.05) is 0 Å². The first-order valence-corrected chi connectivity index (χ1v) is 7.55. The quantitative estimate of drug-likeness (QED) is 0.177. The number of hydrogen-bond donors (Lipinski definition) is 2. The van der Waals surface area contributed by atoms with Crippen LogP contribution in [0.3, 0.4) is 0 Å². The van der Waals surface area contributed by atoms with Crippen LogP contribution in [0.1, 0.15) is 6.92 Å². The van der Waals surface area contributed by atoms with Crippen LogP contribution in [0.25, 0.3) is 0 Å². The van der Waals surface area contributed by atoms with Crippen LogP contribution in [-0.4, -0.2) is 85.7 Å². The van der Waals surface area contributed by atoms with E-state index in [0.717, 1.165) is 4.90 Å². The van der Waals surface area contributed by atoms with Gasteiger partial charge in [0.15, 0.2) is 18.4 Å². The number of hydrogen-bond acceptors (Lipinski definition) is 8. The van der Waals surface area contributed by atoms with E-state index >= 15 is 0 Å². The van der Waals surface area contributed by atoms with Gasteiger partial charge in [0.05, 0.1) is 19.8 Å². The molecule has 11 heteroatoms. The molecule has 1 saturated heterocycles. The highest BCUT2D eigenvalue weighted by Crippen LogP contribution is 2.29. The van der Waals surface area contributed by atoms with Crippen molar-refractivity contribution in [1.29, 1.82) is 0 Å². The van der Waals surface area contributed by atoms with Gasteiger partial charge in [-0.3, -0.25) is 19.8 Å². The van der Waals surface area contributed by atoms with Crippen LogP contribution < -0.4 is 5.32 Å². The molecule has 1 fully saturated rings. The Morgan fingerprint density at radius 1 is 1.48 bits per heavy atom. The van der Waals surface area contributed by atoms with Crippen molar-refractivity contribution in [1.82, 2.24) is 10.2 Å². The van der Waals surface area contributed by atoms with Crippen molar-refractivity contribution in [2.24, 2.45) is 0 Å². The Hall–Kier alpha value is -2.08. The van der Waals surface area contributed by atoms with Gasteiger partial charge in [-0.25, -0.2) is 4.79 Å². The van der Waals surface area contributed by atoms with E-state index < -0.39 is 42.0 Å².